The molecule has 0 bridgehead atoms. The van der Waals surface area contributed by atoms with E-state index >= 15 is 0 Å². The van der Waals surface area contributed by atoms with Crippen molar-refractivity contribution in [1.82, 2.24) is 0 Å². The molecule has 3 nitrogen and oxygen atoms in total. The maximum absolute atomic E-state index is 11.1. The highest BCUT2D eigenvalue weighted by atomic mass is 32.2. The molecule has 0 unspecified atom stereocenters. The molecule has 4 heteroatoms. The maximum atomic E-state index is 11.1. The van der Waals surface area contributed by atoms with Gasteiger partial charge >= 0.3 is 0 Å². The molecule has 0 aromatic rings. The van der Waals surface area contributed by atoms with Gasteiger partial charge in [0.2, 0.25) is 0 Å². The average molecular weight is 345 g/mol. The second-order valence-electron chi connectivity index (χ2n) is 8.13. The zero-order valence-electron chi connectivity index (χ0n) is 15.1. The Balaban J connectivity index is 1.56. The summed E-state index contributed by atoms with van der Waals surface area (Å²) in [5.74, 6) is 3.32. The Morgan fingerprint density at radius 1 is 0.739 bits per heavy atom. The van der Waals surface area contributed by atoms with Gasteiger partial charge in [-0.15, -0.1) is 0 Å². The van der Waals surface area contributed by atoms with Gasteiger partial charge in [0, 0.05) is 0 Å². The van der Waals surface area contributed by atoms with Crippen LogP contribution in [-0.4, -0.2) is 21.3 Å². The number of rotatable bonds is 8. The Morgan fingerprint density at radius 2 is 1.13 bits per heavy atom. The minimum Gasteiger partial charge on any atom is -0.270 e. The standard InChI is InChI=1S/C19H36O3S/c1-3-4-16-5-7-17(8-6-16)9-10-18-11-13-19(14-12-18)15-22-23(2,20)21/h16-19H,3-15H2,1-2H3/t16-,17-,18-,19-. The van der Waals surface area contributed by atoms with Gasteiger partial charge in [-0.05, 0) is 36.5 Å². The molecule has 2 rings (SSSR count). The van der Waals surface area contributed by atoms with Gasteiger partial charge in [-0.2, -0.15) is 8.42 Å². The minimum absolute atomic E-state index is 0.396. The Morgan fingerprint density at radius 3 is 1.52 bits per heavy atom. The molecule has 0 amide bonds. The third-order valence-electron chi connectivity index (χ3n) is 6.13. The van der Waals surface area contributed by atoms with Crippen molar-refractivity contribution >= 4 is 10.1 Å². The topological polar surface area (TPSA) is 43.4 Å². The van der Waals surface area contributed by atoms with Crippen LogP contribution < -0.4 is 0 Å². The Labute approximate surface area is 143 Å². The largest absolute Gasteiger partial charge is 0.270 e. The lowest BCUT2D eigenvalue weighted by Crippen LogP contribution is -2.21. The van der Waals surface area contributed by atoms with Crippen LogP contribution >= 0.6 is 0 Å². The van der Waals surface area contributed by atoms with Crippen LogP contribution in [0.2, 0.25) is 0 Å². The zero-order valence-corrected chi connectivity index (χ0v) is 16.0. The smallest absolute Gasteiger partial charge is 0.264 e. The van der Waals surface area contributed by atoms with Crippen molar-refractivity contribution in [3.63, 3.8) is 0 Å². The SMILES string of the molecule is CCC[C@H]1CC[C@H](CC[C@H]2CC[C@H](COS(C)(=O)=O)CC2)CC1. The molecule has 136 valence electrons. The third-order valence-corrected chi connectivity index (χ3v) is 6.69. The number of hydrogen-bond donors (Lipinski definition) is 0. The lowest BCUT2D eigenvalue weighted by atomic mass is 9.75. The van der Waals surface area contributed by atoms with E-state index in [1.807, 2.05) is 0 Å². The Bertz CT molecular complexity index is 416. The van der Waals surface area contributed by atoms with Crippen LogP contribution in [0.5, 0.6) is 0 Å². The molecule has 2 saturated carbocycles. The Kier molecular flexibility index (Phi) is 7.87. The summed E-state index contributed by atoms with van der Waals surface area (Å²) >= 11 is 0. The monoisotopic (exact) mass is 344 g/mol. The van der Waals surface area contributed by atoms with E-state index in [-0.39, 0.29) is 0 Å². The molecule has 0 spiro atoms. The molecule has 2 aliphatic rings. The van der Waals surface area contributed by atoms with Crippen molar-refractivity contribution in [2.45, 2.75) is 84.0 Å². The molecular weight excluding hydrogens is 308 g/mol. The highest BCUT2D eigenvalue weighted by Crippen LogP contribution is 2.37. The van der Waals surface area contributed by atoms with Gasteiger partial charge in [-0.1, -0.05) is 71.1 Å². The van der Waals surface area contributed by atoms with Gasteiger partial charge < -0.3 is 0 Å². The molecule has 0 saturated heterocycles. The lowest BCUT2D eigenvalue weighted by Gasteiger charge is -2.31. The van der Waals surface area contributed by atoms with Gasteiger partial charge in [0.1, 0.15) is 0 Å². The van der Waals surface area contributed by atoms with E-state index in [0.717, 1.165) is 36.9 Å². The summed E-state index contributed by atoms with van der Waals surface area (Å²) in [6.45, 7) is 2.70. The van der Waals surface area contributed by atoms with Crippen LogP contribution in [0.4, 0.5) is 0 Å². The normalized spacial score (nSPS) is 32.8. The first kappa shape index (κ1) is 19.2. The fourth-order valence-corrected chi connectivity index (χ4v) is 5.03. The van der Waals surface area contributed by atoms with Crippen LogP contribution in [0.3, 0.4) is 0 Å². The average Bonchev–Trinajstić information content (AvgIpc) is 2.53. The van der Waals surface area contributed by atoms with Crippen molar-refractivity contribution in [3.05, 3.63) is 0 Å². The summed E-state index contributed by atoms with van der Waals surface area (Å²) in [5.41, 5.74) is 0. The van der Waals surface area contributed by atoms with Gasteiger partial charge in [-0.25, -0.2) is 0 Å². The van der Waals surface area contributed by atoms with E-state index in [0.29, 0.717) is 12.5 Å². The molecule has 0 radical (unpaired) electrons. The molecule has 0 N–H and O–H groups in total. The predicted octanol–water partition coefficient (Wildman–Crippen LogP) is 5.16. The van der Waals surface area contributed by atoms with Crippen LogP contribution in [0.1, 0.15) is 84.0 Å². The third kappa shape index (κ3) is 7.55. The van der Waals surface area contributed by atoms with Crippen molar-refractivity contribution in [3.8, 4) is 0 Å². The summed E-state index contributed by atoms with van der Waals surface area (Å²) in [6.07, 6.45) is 17.4. The fourth-order valence-electron chi connectivity index (χ4n) is 4.60. The van der Waals surface area contributed by atoms with Crippen molar-refractivity contribution in [2.75, 3.05) is 12.9 Å². The first-order valence-electron chi connectivity index (χ1n) is 9.80. The van der Waals surface area contributed by atoms with Crippen LogP contribution in [0.15, 0.2) is 0 Å². The Hall–Kier alpha value is -0.0900. The zero-order chi connectivity index (χ0) is 16.7. The van der Waals surface area contributed by atoms with Gasteiger partial charge in [0.05, 0.1) is 12.9 Å². The van der Waals surface area contributed by atoms with E-state index in [2.05, 4.69) is 6.92 Å². The number of hydrogen-bond acceptors (Lipinski definition) is 3. The molecule has 2 aliphatic carbocycles. The van der Waals surface area contributed by atoms with Crippen LogP contribution in [0.25, 0.3) is 0 Å². The molecule has 0 heterocycles. The van der Waals surface area contributed by atoms with Crippen molar-refractivity contribution < 1.29 is 12.6 Å². The highest BCUT2D eigenvalue weighted by molar-refractivity contribution is 7.85. The van der Waals surface area contributed by atoms with Gasteiger partial charge in [-0.3, -0.25) is 4.18 Å². The van der Waals surface area contributed by atoms with Gasteiger partial charge in [0.25, 0.3) is 10.1 Å². The molecule has 2 fully saturated rings. The summed E-state index contributed by atoms with van der Waals surface area (Å²) in [6, 6.07) is 0. The molecule has 0 aliphatic heterocycles. The van der Waals surface area contributed by atoms with E-state index in [1.165, 1.54) is 64.2 Å². The molecule has 23 heavy (non-hydrogen) atoms. The van der Waals surface area contributed by atoms with Crippen molar-refractivity contribution in [1.29, 1.82) is 0 Å². The summed E-state index contributed by atoms with van der Waals surface area (Å²) < 4.78 is 27.1. The van der Waals surface area contributed by atoms with E-state index in [4.69, 9.17) is 4.18 Å². The molecule has 0 aromatic carbocycles. The van der Waals surface area contributed by atoms with Crippen LogP contribution in [-0.2, 0) is 14.3 Å². The molecular formula is C19H36O3S. The minimum atomic E-state index is -3.27. The van der Waals surface area contributed by atoms with E-state index < -0.39 is 10.1 Å². The second kappa shape index (κ2) is 9.41. The van der Waals surface area contributed by atoms with E-state index in [1.54, 1.807) is 0 Å². The van der Waals surface area contributed by atoms with Gasteiger partial charge in [0.15, 0.2) is 0 Å². The predicted molar refractivity (Wildman–Crippen MR) is 95.8 cm³/mol. The first-order chi connectivity index (χ1) is 11.0. The maximum Gasteiger partial charge on any atom is 0.264 e. The van der Waals surface area contributed by atoms with E-state index in [9.17, 15) is 8.42 Å². The summed E-state index contributed by atoms with van der Waals surface area (Å²) in [7, 11) is -3.27. The summed E-state index contributed by atoms with van der Waals surface area (Å²) in [4.78, 5) is 0. The summed E-state index contributed by atoms with van der Waals surface area (Å²) in [5, 5.41) is 0. The lowest BCUT2D eigenvalue weighted by molar-refractivity contribution is 0.173. The van der Waals surface area contributed by atoms with Crippen LogP contribution in [0, 0.1) is 23.7 Å². The second-order valence-corrected chi connectivity index (χ2v) is 9.77. The fraction of sp³-hybridized carbons (Fsp3) is 1.00. The highest BCUT2D eigenvalue weighted by Gasteiger charge is 2.25. The molecule has 0 aromatic heterocycles. The van der Waals surface area contributed by atoms with Crippen molar-refractivity contribution in [2.24, 2.45) is 23.7 Å². The quantitative estimate of drug-likeness (QED) is 0.571. The first-order valence-corrected chi connectivity index (χ1v) is 11.6. The molecule has 0 atom stereocenters.